The van der Waals surface area contributed by atoms with Gasteiger partial charge in [-0.05, 0) is 60.2 Å². The maximum absolute atomic E-state index is 12.4. The summed E-state index contributed by atoms with van der Waals surface area (Å²) in [6.07, 6.45) is -0.986. The predicted octanol–water partition coefficient (Wildman–Crippen LogP) is 6.96. The first-order valence-corrected chi connectivity index (χ1v) is 12.4. The van der Waals surface area contributed by atoms with Gasteiger partial charge in [-0.1, -0.05) is 56.3 Å². The van der Waals surface area contributed by atoms with Crippen molar-refractivity contribution >= 4 is 18.1 Å². The van der Waals surface area contributed by atoms with Gasteiger partial charge in [0.15, 0.2) is 0 Å². The highest BCUT2D eigenvalue weighted by molar-refractivity contribution is 5.93. The van der Waals surface area contributed by atoms with Crippen LogP contribution in [0.5, 0.6) is 23.0 Å². The molecule has 4 aromatic carbocycles. The van der Waals surface area contributed by atoms with E-state index in [0.29, 0.717) is 17.1 Å². The lowest BCUT2D eigenvalue weighted by molar-refractivity contribution is 0.0589. The molecule has 0 aromatic heterocycles. The van der Waals surface area contributed by atoms with E-state index in [0.717, 1.165) is 11.1 Å². The van der Waals surface area contributed by atoms with Crippen molar-refractivity contribution in [1.82, 2.24) is 0 Å². The predicted molar refractivity (Wildman–Crippen MR) is 147 cm³/mol. The van der Waals surface area contributed by atoms with Crippen LogP contribution in [0.25, 0.3) is 0 Å². The van der Waals surface area contributed by atoms with Crippen LogP contribution in [0, 0.1) is 0 Å². The zero-order valence-corrected chi connectivity index (χ0v) is 22.5. The van der Waals surface area contributed by atoms with Crippen molar-refractivity contribution in [1.29, 1.82) is 0 Å². The zero-order chi connectivity index (χ0) is 28.7. The van der Waals surface area contributed by atoms with Crippen molar-refractivity contribution in [3.63, 3.8) is 0 Å². The molecule has 0 spiro atoms. The molecule has 4 aromatic rings. The number of benzene rings is 4. The highest BCUT2D eigenvalue weighted by Gasteiger charge is 2.27. The first-order chi connectivity index (χ1) is 19.2. The summed E-state index contributed by atoms with van der Waals surface area (Å²) in [5, 5.41) is 0. The Morgan fingerprint density at radius 1 is 0.600 bits per heavy atom. The summed E-state index contributed by atoms with van der Waals surface area (Å²) in [5.41, 5.74) is 1.93. The molecule has 0 aliphatic heterocycles. The molecule has 8 heteroatoms. The average molecular weight is 541 g/mol. The largest absolute Gasteiger partial charge is 0.519 e. The number of rotatable bonds is 8. The van der Waals surface area contributed by atoms with E-state index < -0.39 is 23.5 Å². The summed E-state index contributed by atoms with van der Waals surface area (Å²) < 4.78 is 26.2. The number of para-hydroxylation sites is 2. The summed E-state index contributed by atoms with van der Waals surface area (Å²) in [5.74, 6) is 0.500. The SMILES string of the molecule is COC(=O)c1ccc(Oc2ccccc2C(C)(C)c2ccc(OC(=O)Oc3ccccc3C(=O)OC)cc2)cc1. The van der Waals surface area contributed by atoms with Gasteiger partial charge in [0.05, 0.1) is 19.8 Å². The highest BCUT2D eigenvalue weighted by atomic mass is 16.7. The second kappa shape index (κ2) is 12.2. The molecule has 0 aliphatic rings. The van der Waals surface area contributed by atoms with Crippen molar-refractivity contribution in [3.8, 4) is 23.0 Å². The summed E-state index contributed by atoms with van der Waals surface area (Å²) in [4.78, 5) is 36.0. The van der Waals surface area contributed by atoms with Gasteiger partial charge in [0, 0.05) is 11.0 Å². The van der Waals surface area contributed by atoms with Gasteiger partial charge in [-0.2, -0.15) is 0 Å². The van der Waals surface area contributed by atoms with Crippen molar-refractivity contribution in [2.24, 2.45) is 0 Å². The van der Waals surface area contributed by atoms with Crippen LogP contribution in [-0.2, 0) is 14.9 Å². The molecule has 0 fully saturated rings. The fraction of sp³-hybridized carbons (Fsp3) is 0.156. The lowest BCUT2D eigenvalue weighted by Crippen LogP contribution is -2.20. The third-order valence-electron chi connectivity index (χ3n) is 6.33. The monoisotopic (exact) mass is 540 g/mol. The summed E-state index contributed by atoms with van der Waals surface area (Å²) in [6, 6.07) is 27.7. The first kappa shape index (κ1) is 27.9. The zero-order valence-electron chi connectivity index (χ0n) is 22.5. The van der Waals surface area contributed by atoms with Crippen LogP contribution in [-0.4, -0.2) is 32.3 Å². The summed E-state index contributed by atoms with van der Waals surface area (Å²) in [7, 11) is 2.58. The quantitative estimate of drug-likeness (QED) is 0.175. The number of carbonyl (C=O) groups excluding carboxylic acids is 3. The van der Waals surface area contributed by atoms with Crippen LogP contribution in [0.4, 0.5) is 4.79 Å². The second-order valence-electron chi connectivity index (χ2n) is 9.21. The molecule has 4 rings (SSSR count). The van der Waals surface area contributed by atoms with Crippen LogP contribution >= 0.6 is 0 Å². The number of esters is 2. The molecule has 0 saturated heterocycles. The molecule has 0 N–H and O–H groups in total. The van der Waals surface area contributed by atoms with E-state index in [1.54, 1.807) is 48.5 Å². The van der Waals surface area contributed by atoms with Crippen molar-refractivity contribution < 1.29 is 38.1 Å². The molecule has 0 unspecified atom stereocenters. The Bertz CT molecular complexity index is 1500. The van der Waals surface area contributed by atoms with Gasteiger partial charge in [-0.15, -0.1) is 0 Å². The normalized spacial score (nSPS) is 10.8. The van der Waals surface area contributed by atoms with Crippen molar-refractivity contribution in [2.75, 3.05) is 14.2 Å². The number of methoxy groups -OCH3 is 2. The van der Waals surface area contributed by atoms with E-state index in [1.165, 1.54) is 26.4 Å². The van der Waals surface area contributed by atoms with E-state index in [9.17, 15) is 14.4 Å². The van der Waals surface area contributed by atoms with Crippen LogP contribution in [0.15, 0.2) is 97.1 Å². The standard InChI is InChI=1S/C32H28O8/c1-32(2,26-10-6-8-12-28(26)38-23-17-13-21(14-18-23)29(33)36-3)22-15-19-24(20-16-22)39-31(35)40-27-11-7-5-9-25(27)30(34)37-4/h5-20H,1-4H3. The lowest BCUT2D eigenvalue weighted by atomic mass is 9.77. The van der Waals surface area contributed by atoms with Gasteiger partial charge >= 0.3 is 18.1 Å². The van der Waals surface area contributed by atoms with Gasteiger partial charge < -0.3 is 23.7 Å². The van der Waals surface area contributed by atoms with Crippen LogP contribution in [0.1, 0.15) is 45.7 Å². The van der Waals surface area contributed by atoms with Crippen LogP contribution < -0.4 is 14.2 Å². The Morgan fingerprint density at radius 2 is 1.18 bits per heavy atom. The third-order valence-corrected chi connectivity index (χ3v) is 6.33. The third kappa shape index (κ3) is 6.30. The molecule has 0 saturated carbocycles. The van der Waals surface area contributed by atoms with Crippen molar-refractivity contribution in [3.05, 3.63) is 119 Å². The maximum Gasteiger partial charge on any atom is 0.519 e. The number of hydrogen-bond donors (Lipinski definition) is 0. The Kier molecular flexibility index (Phi) is 8.49. The fourth-order valence-electron chi connectivity index (χ4n) is 4.11. The molecule has 0 atom stereocenters. The van der Waals surface area contributed by atoms with Crippen LogP contribution in [0.3, 0.4) is 0 Å². The minimum absolute atomic E-state index is 0.0358. The van der Waals surface area contributed by atoms with Crippen LogP contribution in [0.2, 0.25) is 0 Å². The fourth-order valence-corrected chi connectivity index (χ4v) is 4.11. The molecular weight excluding hydrogens is 512 g/mol. The number of hydrogen-bond acceptors (Lipinski definition) is 8. The number of carbonyl (C=O) groups is 3. The van der Waals surface area contributed by atoms with Gasteiger partial charge in [0.1, 0.15) is 28.6 Å². The molecule has 40 heavy (non-hydrogen) atoms. The molecular formula is C32H28O8. The Labute approximate surface area is 232 Å². The minimum Gasteiger partial charge on any atom is -0.465 e. The molecule has 0 amide bonds. The Hall–Kier alpha value is -5.11. The van der Waals surface area contributed by atoms with Crippen molar-refractivity contribution in [2.45, 2.75) is 19.3 Å². The Morgan fingerprint density at radius 3 is 1.82 bits per heavy atom. The van der Waals surface area contributed by atoms with Gasteiger partial charge in [0.25, 0.3) is 0 Å². The highest BCUT2D eigenvalue weighted by Crippen LogP contribution is 2.39. The van der Waals surface area contributed by atoms with E-state index in [4.69, 9.17) is 23.7 Å². The molecule has 204 valence electrons. The summed E-state index contributed by atoms with van der Waals surface area (Å²) >= 11 is 0. The van der Waals surface area contributed by atoms with E-state index in [-0.39, 0.29) is 17.1 Å². The minimum atomic E-state index is -0.986. The van der Waals surface area contributed by atoms with Gasteiger partial charge in [-0.3, -0.25) is 0 Å². The molecule has 0 aliphatic carbocycles. The first-order valence-electron chi connectivity index (χ1n) is 12.4. The molecule has 8 nitrogen and oxygen atoms in total. The van der Waals surface area contributed by atoms with E-state index in [1.807, 2.05) is 36.4 Å². The molecule has 0 bridgehead atoms. The summed E-state index contributed by atoms with van der Waals surface area (Å²) in [6.45, 7) is 4.12. The van der Waals surface area contributed by atoms with E-state index >= 15 is 0 Å². The maximum atomic E-state index is 12.4. The topological polar surface area (TPSA) is 97.4 Å². The second-order valence-corrected chi connectivity index (χ2v) is 9.21. The smallest absolute Gasteiger partial charge is 0.465 e. The van der Waals surface area contributed by atoms with Gasteiger partial charge in [-0.25, -0.2) is 14.4 Å². The average Bonchev–Trinajstić information content (AvgIpc) is 2.97. The van der Waals surface area contributed by atoms with E-state index in [2.05, 4.69) is 13.8 Å². The number of ether oxygens (including phenoxy) is 5. The van der Waals surface area contributed by atoms with Gasteiger partial charge in [0.2, 0.25) is 0 Å². The lowest BCUT2D eigenvalue weighted by Gasteiger charge is -2.28. The molecule has 0 heterocycles. The Balaban J connectivity index is 1.48. The molecule has 0 radical (unpaired) electrons.